The number of methoxy groups -OCH3 is 2. The van der Waals surface area contributed by atoms with Crippen LogP contribution in [0.2, 0.25) is 0 Å². The van der Waals surface area contributed by atoms with E-state index in [0.29, 0.717) is 5.75 Å². The molecule has 3 nitrogen and oxygen atoms in total. The third-order valence-corrected chi connectivity index (χ3v) is 4.86. The van der Waals surface area contributed by atoms with Gasteiger partial charge in [-0.3, -0.25) is 0 Å². The molecule has 1 aromatic carbocycles. The van der Waals surface area contributed by atoms with Crippen LogP contribution in [-0.4, -0.2) is 24.9 Å². The minimum absolute atomic E-state index is 0.250. The Labute approximate surface area is 126 Å². The molecule has 4 heteroatoms. The molecule has 1 aliphatic carbocycles. The second-order valence-corrected chi connectivity index (χ2v) is 6.72. The highest BCUT2D eigenvalue weighted by atomic mass is 19.1. The van der Waals surface area contributed by atoms with Gasteiger partial charge in [0, 0.05) is 18.7 Å². The zero-order chi connectivity index (χ0) is 15.7. The number of halogens is 1. The molecular weight excluding hydrogens is 271 g/mol. The molecule has 2 rings (SSSR count). The monoisotopic (exact) mass is 296 g/mol. The maximum Gasteiger partial charge on any atom is 0.132 e. The van der Waals surface area contributed by atoms with Crippen LogP contribution in [-0.2, 0) is 4.74 Å². The molecule has 1 atom stereocenters. The summed E-state index contributed by atoms with van der Waals surface area (Å²) >= 11 is 0. The Morgan fingerprint density at radius 2 is 1.76 bits per heavy atom. The third kappa shape index (κ3) is 3.22. The minimum Gasteiger partial charge on any atom is -0.497 e. The van der Waals surface area contributed by atoms with E-state index in [9.17, 15) is 9.50 Å². The Morgan fingerprint density at radius 3 is 2.24 bits per heavy atom. The van der Waals surface area contributed by atoms with Crippen LogP contribution < -0.4 is 4.74 Å². The molecule has 1 aliphatic rings. The molecule has 1 fully saturated rings. The van der Waals surface area contributed by atoms with Gasteiger partial charge in [0.25, 0.3) is 0 Å². The molecule has 0 spiro atoms. The number of hydrogen-bond acceptors (Lipinski definition) is 3. The summed E-state index contributed by atoms with van der Waals surface area (Å²) in [6.07, 6.45) is 2.39. The van der Waals surface area contributed by atoms with Gasteiger partial charge >= 0.3 is 0 Å². The van der Waals surface area contributed by atoms with Gasteiger partial charge in [0.15, 0.2) is 0 Å². The van der Waals surface area contributed by atoms with E-state index in [2.05, 4.69) is 13.8 Å². The van der Waals surface area contributed by atoms with Crippen LogP contribution in [0.4, 0.5) is 4.39 Å². The third-order valence-electron chi connectivity index (χ3n) is 4.86. The van der Waals surface area contributed by atoms with Gasteiger partial charge in [-0.1, -0.05) is 13.8 Å². The molecule has 1 saturated carbocycles. The van der Waals surface area contributed by atoms with Crippen molar-refractivity contribution in [3.05, 3.63) is 29.6 Å². The largest absolute Gasteiger partial charge is 0.497 e. The van der Waals surface area contributed by atoms with Crippen molar-refractivity contribution in [3.63, 3.8) is 0 Å². The lowest BCUT2D eigenvalue weighted by atomic mass is 9.68. The van der Waals surface area contributed by atoms with Crippen molar-refractivity contribution in [1.82, 2.24) is 0 Å². The molecule has 0 aliphatic heterocycles. The first-order valence-corrected chi connectivity index (χ1v) is 7.40. The Morgan fingerprint density at radius 1 is 1.14 bits per heavy atom. The van der Waals surface area contributed by atoms with Crippen molar-refractivity contribution < 1.29 is 19.0 Å². The van der Waals surface area contributed by atoms with Gasteiger partial charge in [0.05, 0.1) is 12.7 Å². The lowest BCUT2D eigenvalue weighted by molar-refractivity contribution is -0.139. The van der Waals surface area contributed by atoms with Crippen LogP contribution in [0.1, 0.15) is 51.2 Å². The molecule has 118 valence electrons. The predicted molar refractivity (Wildman–Crippen MR) is 79.9 cm³/mol. The molecule has 0 saturated heterocycles. The van der Waals surface area contributed by atoms with E-state index in [-0.39, 0.29) is 11.0 Å². The molecule has 1 aromatic rings. The summed E-state index contributed by atoms with van der Waals surface area (Å²) in [4.78, 5) is 0. The van der Waals surface area contributed by atoms with Crippen LogP contribution >= 0.6 is 0 Å². The molecule has 0 amide bonds. The summed E-state index contributed by atoms with van der Waals surface area (Å²) in [5.74, 6) is -0.0113. The number of aliphatic hydroxyl groups is 1. The van der Waals surface area contributed by atoms with Gasteiger partial charge in [0.2, 0.25) is 0 Å². The van der Waals surface area contributed by atoms with Crippen molar-refractivity contribution in [1.29, 1.82) is 0 Å². The average molecular weight is 296 g/mol. The first-order valence-electron chi connectivity index (χ1n) is 7.40. The Balaban J connectivity index is 2.26. The molecule has 0 aromatic heterocycles. The first-order chi connectivity index (χ1) is 9.83. The van der Waals surface area contributed by atoms with Crippen molar-refractivity contribution >= 4 is 0 Å². The summed E-state index contributed by atoms with van der Waals surface area (Å²) in [5.41, 5.74) is -0.178. The molecule has 1 N–H and O–H groups in total. The van der Waals surface area contributed by atoms with Crippen LogP contribution in [0.15, 0.2) is 18.2 Å². The van der Waals surface area contributed by atoms with Crippen molar-refractivity contribution in [2.24, 2.45) is 5.41 Å². The highest BCUT2D eigenvalue weighted by molar-refractivity contribution is 5.31. The van der Waals surface area contributed by atoms with Gasteiger partial charge in [-0.15, -0.1) is 0 Å². The number of aliphatic hydroxyl groups excluding tert-OH is 1. The summed E-state index contributed by atoms with van der Waals surface area (Å²) in [5, 5.41) is 10.7. The maximum atomic E-state index is 14.2. The van der Waals surface area contributed by atoms with E-state index in [4.69, 9.17) is 9.47 Å². The van der Waals surface area contributed by atoms with Crippen molar-refractivity contribution in [2.75, 3.05) is 14.2 Å². The van der Waals surface area contributed by atoms with Gasteiger partial charge in [-0.25, -0.2) is 4.39 Å². The predicted octanol–water partition coefficient (Wildman–Crippen LogP) is 3.85. The van der Waals surface area contributed by atoms with Gasteiger partial charge in [0.1, 0.15) is 17.7 Å². The van der Waals surface area contributed by atoms with E-state index in [1.54, 1.807) is 19.2 Å². The zero-order valence-electron chi connectivity index (χ0n) is 13.3. The minimum atomic E-state index is -0.968. The SMILES string of the molecule is COc1ccc(C(O)C2(OC)CCC(C)(C)CC2)c(F)c1. The summed E-state index contributed by atoms with van der Waals surface area (Å²) in [6, 6.07) is 4.55. The standard InChI is InChI=1S/C17H25FO3/c1-16(2)7-9-17(21-4,10-8-16)15(19)13-6-5-12(20-3)11-14(13)18/h5-6,11,15,19H,7-10H2,1-4H3. The topological polar surface area (TPSA) is 38.7 Å². The lowest BCUT2D eigenvalue weighted by Gasteiger charge is -2.45. The zero-order valence-corrected chi connectivity index (χ0v) is 13.3. The van der Waals surface area contributed by atoms with E-state index in [1.165, 1.54) is 13.2 Å². The number of rotatable bonds is 4. The number of ether oxygens (including phenoxy) is 2. The second kappa shape index (κ2) is 5.93. The molecule has 0 radical (unpaired) electrons. The summed E-state index contributed by atoms with van der Waals surface area (Å²) < 4.78 is 24.9. The molecular formula is C17H25FO3. The fraction of sp³-hybridized carbons (Fsp3) is 0.647. The van der Waals surface area contributed by atoms with Crippen LogP contribution in [0.25, 0.3) is 0 Å². The highest BCUT2D eigenvalue weighted by Crippen LogP contribution is 2.47. The molecule has 1 unspecified atom stereocenters. The molecule has 21 heavy (non-hydrogen) atoms. The Bertz CT molecular complexity index is 489. The number of hydrogen-bond donors (Lipinski definition) is 1. The van der Waals surface area contributed by atoms with E-state index < -0.39 is 17.5 Å². The maximum absolute atomic E-state index is 14.2. The quantitative estimate of drug-likeness (QED) is 0.917. The molecule has 0 bridgehead atoms. The van der Waals surface area contributed by atoms with E-state index in [0.717, 1.165) is 25.7 Å². The normalized spacial score (nSPS) is 21.8. The van der Waals surface area contributed by atoms with Gasteiger partial charge < -0.3 is 14.6 Å². The fourth-order valence-corrected chi connectivity index (χ4v) is 3.08. The molecule has 0 heterocycles. The van der Waals surface area contributed by atoms with Gasteiger partial charge in [-0.05, 0) is 43.2 Å². The van der Waals surface area contributed by atoms with Gasteiger partial charge in [-0.2, -0.15) is 0 Å². The fourth-order valence-electron chi connectivity index (χ4n) is 3.08. The second-order valence-electron chi connectivity index (χ2n) is 6.72. The Kier molecular flexibility index (Phi) is 4.59. The van der Waals surface area contributed by atoms with Crippen LogP contribution in [0.3, 0.4) is 0 Å². The van der Waals surface area contributed by atoms with Crippen molar-refractivity contribution in [2.45, 2.75) is 51.2 Å². The number of benzene rings is 1. The van der Waals surface area contributed by atoms with Crippen molar-refractivity contribution in [3.8, 4) is 5.75 Å². The Hall–Kier alpha value is -1.13. The van der Waals surface area contributed by atoms with Crippen LogP contribution in [0.5, 0.6) is 5.75 Å². The van der Waals surface area contributed by atoms with Crippen LogP contribution in [0, 0.1) is 11.2 Å². The summed E-state index contributed by atoms with van der Waals surface area (Å²) in [7, 11) is 3.09. The highest BCUT2D eigenvalue weighted by Gasteiger charge is 2.45. The first kappa shape index (κ1) is 16.2. The lowest BCUT2D eigenvalue weighted by Crippen LogP contribution is -2.44. The summed E-state index contributed by atoms with van der Waals surface area (Å²) in [6.45, 7) is 4.43. The van der Waals surface area contributed by atoms with E-state index in [1.807, 2.05) is 0 Å². The smallest absolute Gasteiger partial charge is 0.132 e. The van der Waals surface area contributed by atoms with E-state index >= 15 is 0 Å². The average Bonchev–Trinajstić information content (AvgIpc) is 2.47.